The Balaban J connectivity index is 0. The van der Waals surface area contributed by atoms with Crippen molar-refractivity contribution >= 4 is 23.1 Å². The average molecular weight is 257 g/mol. The summed E-state index contributed by atoms with van der Waals surface area (Å²) in [5.41, 5.74) is 0. The first kappa shape index (κ1) is 15.7. The Morgan fingerprint density at radius 1 is 1.54 bits per heavy atom. The second-order valence-corrected chi connectivity index (χ2v) is 2.22. The maximum atomic E-state index is 12.5. The predicted octanol–water partition coefficient (Wildman–Crippen LogP) is -0.962. The first-order valence-electron chi connectivity index (χ1n) is 3.63. The smallest absolute Gasteiger partial charge is 1.00 e. The van der Waals surface area contributed by atoms with Crippen molar-refractivity contribution in [2.24, 2.45) is 0 Å². The summed E-state index contributed by atoms with van der Waals surface area (Å²) in [6.45, 7) is 2.61. The van der Waals surface area contributed by atoms with Gasteiger partial charge in [-0.3, -0.25) is 0 Å². The molecule has 0 aliphatic carbocycles. The third kappa shape index (κ3) is 6.29. The molecule has 1 rings (SSSR count). The summed E-state index contributed by atoms with van der Waals surface area (Å²) in [5.74, 6) is 0.196. The minimum atomic E-state index is -0.283. The molecule has 0 aliphatic heterocycles. The van der Waals surface area contributed by atoms with Gasteiger partial charge >= 0.3 is 23.1 Å². The van der Waals surface area contributed by atoms with Crippen LogP contribution in [0.15, 0.2) is 18.2 Å². The van der Waals surface area contributed by atoms with E-state index in [4.69, 9.17) is 4.74 Å². The van der Waals surface area contributed by atoms with E-state index in [2.05, 4.69) is 6.07 Å². The molecule has 0 N–H and O–H groups in total. The van der Waals surface area contributed by atoms with Gasteiger partial charge in [-0.05, 0) is 6.42 Å². The fourth-order valence-electron chi connectivity index (χ4n) is 0.714. The quantitative estimate of drug-likeness (QED) is 0.500. The van der Waals surface area contributed by atoms with Gasteiger partial charge in [0.1, 0.15) is 0 Å². The first-order chi connectivity index (χ1) is 5.33. The van der Waals surface area contributed by atoms with E-state index in [1.165, 1.54) is 18.2 Å². The van der Waals surface area contributed by atoms with Gasteiger partial charge in [0.2, 0.25) is 0 Å². The van der Waals surface area contributed by atoms with Crippen LogP contribution in [-0.2, 0) is 0 Å². The van der Waals surface area contributed by atoms with E-state index in [1.807, 2.05) is 6.92 Å². The molecule has 0 spiro atoms. The van der Waals surface area contributed by atoms with Crippen molar-refractivity contribution in [2.45, 2.75) is 13.3 Å². The number of hydrogen-bond acceptors (Lipinski definition) is 1. The fourth-order valence-corrected chi connectivity index (χ4v) is 0.714. The molecule has 0 atom stereocenters. The molecule has 1 aromatic carbocycles. The van der Waals surface area contributed by atoms with Crippen molar-refractivity contribution in [1.29, 1.82) is 0 Å². The van der Waals surface area contributed by atoms with Crippen LogP contribution in [0.4, 0.5) is 4.39 Å². The van der Waals surface area contributed by atoms with Gasteiger partial charge in [0, 0.05) is 11.6 Å². The standard InChI is InChI=1S/C9H10FO.BrH.Mg/c1-2-6-11-9-5-3-4-8(10)7-9;;/h3-4,7H,2,6H2,1H3;1H;/q-1;;+2/p-1. The number of hydrogen-bond donors (Lipinski definition) is 0. The van der Waals surface area contributed by atoms with Crippen LogP contribution in [0.3, 0.4) is 0 Å². The average Bonchev–Trinajstić information content (AvgIpc) is 2.01. The Kier molecular flexibility index (Phi) is 10.6. The largest absolute Gasteiger partial charge is 2.00 e. The molecule has 0 fully saturated rings. The van der Waals surface area contributed by atoms with Crippen molar-refractivity contribution in [2.75, 3.05) is 6.61 Å². The minimum absolute atomic E-state index is 0. The van der Waals surface area contributed by atoms with E-state index in [1.54, 1.807) is 0 Å². The second kappa shape index (κ2) is 8.78. The summed E-state index contributed by atoms with van der Waals surface area (Å²) in [4.78, 5) is 0. The zero-order chi connectivity index (χ0) is 8.10. The van der Waals surface area contributed by atoms with Crippen molar-refractivity contribution < 1.29 is 26.1 Å². The molecule has 0 amide bonds. The molecule has 1 nitrogen and oxygen atoms in total. The molecule has 0 heterocycles. The van der Waals surface area contributed by atoms with Gasteiger partial charge in [-0.25, -0.2) is 4.39 Å². The van der Waals surface area contributed by atoms with E-state index in [-0.39, 0.29) is 45.9 Å². The van der Waals surface area contributed by atoms with Crippen LogP contribution in [0.5, 0.6) is 5.75 Å². The van der Waals surface area contributed by atoms with Gasteiger partial charge in [0.15, 0.2) is 0 Å². The fraction of sp³-hybridized carbons (Fsp3) is 0.333. The van der Waals surface area contributed by atoms with Gasteiger partial charge in [-0.2, -0.15) is 6.07 Å². The summed E-state index contributed by atoms with van der Waals surface area (Å²) in [6, 6.07) is 6.97. The molecule has 13 heavy (non-hydrogen) atoms. The van der Waals surface area contributed by atoms with Crippen LogP contribution < -0.4 is 21.7 Å². The molecule has 1 aromatic rings. The first-order valence-corrected chi connectivity index (χ1v) is 3.63. The summed E-state index contributed by atoms with van der Waals surface area (Å²) in [6.07, 6.45) is 0.921. The van der Waals surface area contributed by atoms with Crippen LogP contribution in [0.1, 0.15) is 13.3 Å². The zero-order valence-corrected chi connectivity index (χ0v) is 10.5. The number of benzene rings is 1. The Labute approximate surface area is 105 Å². The summed E-state index contributed by atoms with van der Waals surface area (Å²) >= 11 is 0. The summed E-state index contributed by atoms with van der Waals surface area (Å²) in [5, 5.41) is 0. The molecule has 0 bridgehead atoms. The maximum Gasteiger partial charge on any atom is 2.00 e. The molecular formula is C9H10BrFMgO. The van der Waals surface area contributed by atoms with Crippen LogP contribution >= 0.6 is 0 Å². The summed E-state index contributed by atoms with van der Waals surface area (Å²) in [7, 11) is 0. The predicted molar refractivity (Wildman–Crippen MR) is 46.8 cm³/mol. The number of halogens is 2. The molecule has 0 radical (unpaired) electrons. The zero-order valence-electron chi connectivity index (χ0n) is 7.52. The second-order valence-electron chi connectivity index (χ2n) is 2.22. The van der Waals surface area contributed by atoms with Gasteiger partial charge in [-0.1, -0.05) is 13.0 Å². The Morgan fingerprint density at radius 3 is 2.77 bits per heavy atom. The van der Waals surface area contributed by atoms with Crippen molar-refractivity contribution in [3.8, 4) is 5.75 Å². The number of rotatable bonds is 3. The Hall–Kier alpha value is 0.196. The monoisotopic (exact) mass is 256 g/mol. The molecule has 0 aliphatic rings. The van der Waals surface area contributed by atoms with Crippen molar-refractivity contribution in [3.63, 3.8) is 0 Å². The Bertz CT molecular complexity index is 233. The van der Waals surface area contributed by atoms with Crippen molar-refractivity contribution in [1.82, 2.24) is 0 Å². The van der Waals surface area contributed by atoms with Crippen LogP contribution in [0.2, 0.25) is 0 Å². The minimum Gasteiger partial charge on any atom is -1.00 e. The molecular weight excluding hydrogens is 247 g/mol. The van der Waals surface area contributed by atoms with E-state index >= 15 is 0 Å². The van der Waals surface area contributed by atoms with Gasteiger partial charge in [-0.15, -0.1) is 12.1 Å². The Morgan fingerprint density at radius 2 is 2.23 bits per heavy atom. The number of ether oxygens (including phenoxy) is 1. The topological polar surface area (TPSA) is 9.23 Å². The SMILES string of the molecule is CCCOc1[c-]ccc(F)c1.[Br-].[Mg+2]. The molecule has 0 aromatic heterocycles. The van der Waals surface area contributed by atoms with E-state index in [0.29, 0.717) is 12.4 Å². The van der Waals surface area contributed by atoms with E-state index in [0.717, 1.165) is 6.42 Å². The maximum absolute atomic E-state index is 12.5. The molecule has 0 unspecified atom stereocenters. The molecule has 0 saturated heterocycles. The van der Waals surface area contributed by atoms with Gasteiger partial charge in [0.05, 0.1) is 6.61 Å². The van der Waals surface area contributed by atoms with Crippen LogP contribution in [0, 0.1) is 11.9 Å². The van der Waals surface area contributed by atoms with E-state index < -0.39 is 0 Å². The van der Waals surface area contributed by atoms with Crippen LogP contribution in [0.25, 0.3) is 0 Å². The normalized spacial score (nSPS) is 8.15. The van der Waals surface area contributed by atoms with Gasteiger partial charge in [0.25, 0.3) is 0 Å². The van der Waals surface area contributed by atoms with Gasteiger partial charge < -0.3 is 21.7 Å². The molecule has 0 saturated carbocycles. The molecule has 4 heteroatoms. The third-order valence-electron chi connectivity index (χ3n) is 1.20. The van der Waals surface area contributed by atoms with Crippen LogP contribution in [-0.4, -0.2) is 29.7 Å². The summed E-state index contributed by atoms with van der Waals surface area (Å²) < 4.78 is 17.6. The third-order valence-corrected chi connectivity index (χ3v) is 1.20. The van der Waals surface area contributed by atoms with Crippen molar-refractivity contribution in [3.05, 3.63) is 30.1 Å². The molecule has 68 valence electrons. The van der Waals surface area contributed by atoms with E-state index in [9.17, 15) is 4.39 Å².